The molecule has 3 N–H and O–H groups in total. The van der Waals surface area contributed by atoms with Gasteiger partial charge >= 0.3 is 6.03 Å². The molecule has 1 aromatic rings. The van der Waals surface area contributed by atoms with Gasteiger partial charge in [-0.3, -0.25) is 0 Å². The van der Waals surface area contributed by atoms with Crippen LogP contribution in [0.3, 0.4) is 0 Å². The van der Waals surface area contributed by atoms with Crippen LogP contribution in [0.2, 0.25) is 0 Å². The number of benzene rings is 1. The molecule has 86 valence electrons. The van der Waals surface area contributed by atoms with Crippen LogP contribution in [0.4, 0.5) is 9.18 Å². The van der Waals surface area contributed by atoms with Gasteiger partial charge in [-0.2, -0.15) is 0 Å². The maximum absolute atomic E-state index is 13.8. The zero-order valence-corrected chi connectivity index (χ0v) is 8.87. The Kier molecular flexibility index (Phi) is 3.05. The van der Waals surface area contributed by atoms with Gasteiger partial charge in [-0.25, -0.2) is 9.18 Å². The molecule has 1 heterocycles. The lowest BCUT2D eigenvalue weighted by atomic mass is 10.1. The monoisotopic (exact) mass is 223 g/mol. The molecule has 1 aromatic carbocycles. The van der Waals surface area contributed by atoms with Gasteiger partial charge in [0.05, 0.1) is 6.54 Å². The fourth-order valence-electron chi connectivity index (χ4n) is 1.78. The molecule has 5 heteroatoms. The van der Waals surface area contributed by atoms with Crippen LogP contribution in [-0.2, 0) is 13.1 Å². The van der Waals surface area contributed by atoms with E-state index in [0.717, 1.165) is 0 Å². The van der Waals surface area contributed by atoms with Crippen LogP contribution in [-0.4, -0.2) is 24.0 Å². The molecule has 0 bridgehead atoms. The molecule has 0 aliphatic carbocycles. The van der Waals surface area contributed by atoms with Crippen molar-refractivity contribution >= 4 is 6.03 Å². The van der Waals surface area contributed by atoms with Gasteiger partial charge < -0.3 is 16.0 Å². The van der Waals surface area contributed by atoms with Crippen molar-refractivity contribution in [3.63, 3.8) is 0 Å². The number of carbonyl (C=O) groups excluding carboxylic acids is 1. The Morgan fingerprint density at radius 2 is 2.19 bits per heavy atom. The van der Waals surface area contributed by atoms with Crippen molar-refractivity contribution in [2.45, 2.75) is 13.1 Å². The van der Waals surface area contributed by atoms with Crippen molar-refractivity contribution in [1.82, 2.24) is 10.2 Å². The highest BCUT2D eigenvalue weighted by Gasteiger charge is 2.20. The SMILES string of the molecule is NCc1cccc(CN2CCNC2=O)c1F. The molecule has 1 aliphatic heterocycles. The third-order valence-corrected chi connectivity index (χ3v) is 2.68. The Morgan fingerprint density at radius 3 is 2.81 bits per heavy atom. The van der Waals surface area contributed by atoms with Gasteiger partial charge in [-0.15, -0.1) is 0 Å². The van der Waals surface area contributed by atoms with Gasteiger partial charge in [0.25, 0.3) is 0 Å². The molecule has 1 saturated heterocycles. The molecule has 0 saturated carbocycles. The van der Waals surface area contributed by atoms with Crippen molar-refractivity contribution in [3.05, 3.63) is 35.1 Å². The molecule has 16 heavy (non-hydrogen) atoms. The standard InChI is InChI=1S/C11H14FN3O/c12-10-8(6-13)2-1-3-9(10)7-15-5-4-14-11(15)16/h1-3H,4-7,13H2,(H,14,16). The first-order valence-corrected chi connectivity index (χ1v) is 5.21. The molecular weight excluding hydrogens is 209 g/mol. The van der Waals surface area contributed by atoms with Crippen molar-refractivity contribution in [2.24, 2.45) is 5.73 Å². The number of amides is 2. The molecule has 1 aliphatic rings. The second kappa shape index (κ2) is 4.49. The average molecular weight is 223 g/mol. The molecule has 0 unspecified atom stereocenters. The fraction of sp³-hybridized carbons (Fsp3) is 0.364. The lowest BCUT2D eigenvalue weighted by molar-refractivity contribution is 0.215. The van der Waals surface area contributed by atoms with Gasteiger partial charge in [0.2, 0.25) is 0 Å². The van der Waals surface area contributed by atoms with Gasteiger partial charge in [-0.1, -0.05) is 18.2 Å². The summed E-state index contributed by atoms with van der Waals surface area (Å²) in [6, 6.07) is 4.95. The molecule has 1 fully saturated rings. The van der Waals surface area contributed by atoms with Gasteiger partial charge in [0.15, 0.2) is 0 Å². The smallest absolute Gasteiger partial charge is 0.317 e. The summed E-state index contributed by atoms with van der Waals surface area (Å²) in [5, 5.41) is 2.68. The molecular formula is C11H14FN3O. The number of nitrogens with two attached hydrogens (primary N) is 1. The summed E-state index contributed by atoms with van der Waals surface area (Å²) in [6.07, 6.45) is 0. The summed E-state index contributed by atoms with van der Waals surface area (Å²) in [4.78, 5) is 12.9. The summed E-state index contributed by atoms with van der Waals surface area (Å²) in [6.45, 7) is 1.71. The van der Waals surface area contributed by atoms with Crippen LogP contribution < -0.4 is 11.1 Å². The summed E-state index contributed by atoms with van der Waals surface area (Å²) in [5.74, 6) is -0.301. The van der Waals surface area contributed by atoms with E-state index in [2.05, 4.69) is 5.32 Å². The van der Waals surface area contributed by atoms with E-state index in [9.17, 15) is 9.18 Å². The maximum atomic E-state index is 13.8. The number of urea groups is 1. The lowest BCUT2D eigenvalue weighted by Gasteiger charge is -2.15. The van der Waals surface area contributed by atoms with E-state index in [1.807, 2.05) is 0 Å². The Morgan fingerprint density at radius 1 is 1.44 bits per heavy atom. The number of carbonyl (C=O) groups is 1. The van der Waals surface area contributed by atoms with Crippen molar-refractivity contribution in [2.75, 3.05) is 13.1 Å². The van der Waals surface area contributed by atoms with Crippen LogP contribution in [0.15, 0.2) is 18.2 Å². The summed E-state index contributed by atoms with van der Waals surface area (Å²) < 4.78 is 13.8. The molecule has 0 radical (unpaired) electrons. The molecule has 2 rings (SSSR count). The van der Waals surface area contributed by atoms with Crippen molar-refractivity contribution in [1.29, 1.82) is 0 Å². The van der Waals surface area contributed by atoms with E-state index < -0.39 is 0 Å². The number of hydrogen-bond acceptors (Lipinski definition) is 2. The van der Waals surface area contributed by atoms with E-state index >= 15 is 0 Å². The molecule has 0 spiro atoms. The van der Waals surface area contributed by atoms with E-state index in [1.165, 1.54) is 0 Å². The maximum Gasteiger partial charge on any atom is 0.317 e. The third-order valence-electron chi connectivity index (χ3n) is 2.68. The first-order chi connectivity index (χ1) is 7.72. The van der Waals surface area contributed by atoms with Crippen LogP contribution in [0, 0.1) is 5.82 Å². The topological polar surface area (TPSA) is 58.4 Å². The molecule has 0 aromatic heterocycles. The number of rotatable bonds is 3. The largest absolute Gasteiger partial charge is 0.336 e. The number of halogens is 1. The molecule has 0 atom stereocenters. The van der Waals surface area contributed by atoms with Gasteiger partial charge in [0, 0.05) is 30.8 Å². The fourth-order valence-corrected chi connectivity index (χ4v) is 1.78. The number of hydrogen-bond donors (Lipinski definition) is 2. The normalized spacial score (nSPS) is 15.4. The number of nitrogens with zero attached hydrogens (tertiary/aromatic N) is 1. The predicted octanol–water partition coefficient (Wildman–Crippen LogP) is 0.810. The van der Waals surface area contributed by atoms with Crippen LogP contribution >= 0.6 is 0 Å². The summed E-state index contributed by atoms with van der Waals surface area (Å²) in [7, 11) is 0. The first-order valence-electron chi connectivity index (χ1n) is 5.21. The van der Waals surface area contributed by atoms with Crippen LogP contribution in [0.1, 0.15) is 11.1 Å². The van der Waals surface area contributed by atoms with E-state index in [4.69, 9.17) is 5.73 Å². The Balaban J connectivity index is 2.18. The molecule has 2 amide bonds. The number of nitrogens with one attached hydrogen (secondary N) is 1. The second-order valence-corrected chi connectivity index (χ2v) is 3.75. The zero-order chi connectivity index (χ0) is 11.5. The van der Waals surface area contributed by atoms with E-state index in [0.29, 0.717) is 30.8 Å². The van der Waals surface area contributed by atoms with E-state index in [-0.39, 0.29) is 18.4 Å². The Bertz CT molecular complexity index is 408. The summed E-state index contributed by atoms with van der Waals surface area (Å²) >= 11 is 0. The minimum atomic E-state index is -0.301. The molecule has 4 nitrogen and oxygen atoms in total. The quantitative estimate of drug-likeness (QED) is 0.796. The highest BCUT2D eigenvalue weighted by molar-refractivity contribution is 5.76. The van der Waals surface area contributed by atoms with Crippen molar-refractivity contribution in [3.8, 4) is 0 Å². The lowest BCUT2D eigenvalue weighted by Crippen LogP contribution is -2.28. The van der Waals surface area contributed by atoms with Crippen LogP contribution in [0.25, 0.3) is 0 Å². The second-order valence-electron chi connectivity index (χ2n) is 3.75. The minimum Gasteiger partial charge on any atom is -0.336 e. The van der Waals surface area contributed by atoms with Crippen LogP contribution in [0.5, 0.6) is 0 Å². The zero-order valence-electron chi connectivity index (χ0n) is 8.87. The Hall–Kier alpha value is -1.62. The van der Waals surface area contributed by atoms with Crippen molar-refractivity contribution < 1.29 is 9.18 Å². The average Bonchev–Trinajstić information content (AvgIpc) is 2.68. The van der Waals surface area contributed by atoms with E-state index in [1.54, 1.807) is 23.1 Å². The summed E-state index contributed by atoms with van der Waals surface area (Å²) in [5.41, 5.74) is 6.42. The highest BCUT2D eigenvalue weighted by atomic mass is 19.1. The van der Waals surface area contributed by atoms with Gasteiger partial charge in [-0.05, 0) is 0 Å². The Labute approximate surface area is 93.2 Å². The third kappa shape index (κ3) is 1.99. The van der Waals surface area contributed by atoms with Gasteiger partial charge in [0.1, 0.15) is 5.82 Å². The predicted molar refractivity (Wildman–Crippen MR) is 58.1 cm³/mol. The minimum absolute atomic E-state index is 0.141. The first kappa shape index (κ1) is 10.9. The highest BCUT2D eigenvalue weighted by Crippen LogP contribution is 2.15.